The molecule has 0 aliphatic rings. The van der Waals surface area contributed by atoms with Crippen molar-refractivity contribution in [2.24, 2.45) is 0 Å². The molecule has 0 fully saturated rings. The monoisotopic (exact) mass is 190 g/mol. The zero-order valence-electron chi connectivity index (χ0n) is 8.37. The molecule has 0 rings (SSSR count). The van der Waals surface area contributed by atoms with E-state index in [1.165, 1.54) is 6.92 Å². The van der Waals surface area contributed by atoms with Crippen LogP contribution in [0, 0.1) is 0 Å². The molecule has 13 heavy (non-hydrogen) atoms. The Bertz CT molecular complexity index is 179. The Labute approximate surface area is 78.2 Å². The molecule has 0 aliphatic carbocycles. The molecular weight excluding hydrogens is 172 g/mol. The lowest BCUT2D eigenvalue weighted by molar-refractivity contribution is -0.157. The van der Waals surface area contributed by atoms with Gasteiger partial charge in [-0.25, -0.2) is 4.79 Å². The predicted octanol–water partition coefficient (Wildman–Crippen LogP) is 0.763. The second-order valence-electron chi connectivity index (χ2n) is 4.24. The fourth-order valence-electron chi connectivity index (χ4n) is 0.972. The third-order valence-corrected chi connectivity index (χ3v) is 1.91. The summed E-state index contributed by atoms with van der Waals surface area (Å²) >= 11 is 0. The first kappa shape index (κ1) is 12.4. The van der Waals surface area contributed by atoms with Gasteiger partial charge in [0.15, 0.2) is 5.60 Å². The van der Waals surface area contributed by atoms with Gasteiger partial charge in [-0.1, -0.05) is 0 Å². The van der Waals surface area contributed by atoms with E-state index in [0.717, 1.165) is 0 Å². The molecule has 0 spiro atoms. The average Bonchev–Trinajstić information content (AvgIpc) is 1.82. The number of carbonyl (C=O) groups is 1. The summed E-state index contributed by atoms with van der Waals surface area (Å²) in [6.07, 6.45) is 1.13. The van der Waals surface area contributed by atoms with Crippen LogP contribution in [0.25, 0.3) is 0 Å². The number of carboxylic acid groups (broad SMARTS) is 1. The Morgan fingerprint density at radius 2 is 1.62 bits per heavy atom. The number of aliphatic hydroxyl groups is 2. The van der Waals surface area contributed by atoms with E-state index in [4.69, 9.17) is 5.11 Å². The van der Waals surface area contributed by atoms with E-state index in [0.29, 0.717) is 12.8 Å². The lowest BCUT2D eigenvalue weighted by Crippen LogP contribution is -2.35. The Morgan fingerprint density at radius 3 is 1.92 bits per heavy atom. The number of carboxylic acids is 1. The van der Waals surface area contributed by atoms with Crippen LogP contribution in [-0.2, 0) is 4.79 Å². The minimum absolute atomic E-state index is 0.159. The van der Waals surface area contributed by atoms with Crippen molar-refractivity contribution in [1.29, 1.82) is 0 Å². The molecule has 0 aromatic rings. The molecule has 1 atom stereocenters. The molecule has 4 heteroatoms. The number of rotatable bonds is 5. The van der Waals surface area contributed by atoms with Crippen molar-refractivity contribution < 1.29 is 20.1 Å². The van der Waals surface area contributed by atoms with Gasteiger partial charge in [-0.15, -0.1) is 0 Å². The van der Waals surface area contributed by atoms with Crippen molar-refractivity contribution >= 4 is 5.97 Å². The maximum Gasteiger partial charge on any atom is 0.335 e. The maximum absolute atomic E-state index is 10.5. The summed E-state index contributed by atoms with van der Waals surface area (Å²) in [6.45, 7) is 4.57. The molecule has 0 aromatic heterocycles. The predicted molar refractivity (Wildman–Crippen MR) is 48.4 cm³/mol. The highest BCUT2D eigenvalue weighted by atomic mass is 16.4. The Hall–Kier alpha value is -0.610. The van der Waals surface area contributed by atoms with Crippen LogP contribution in [0.5, 0.6) is 0 Å². The molecule has 0 saturated heterocycles. The van der Waals surface area contributed by atoms with Gasteiger partial charge in [0.2, 0.25) is 0 Å². The van der Waals surface area contributed by atoms with E-state index in [9.17, 15) is 15.0 Å². The van der Waals surface area contributed by atoms with Crippen LogP contribution >= 0.6 is 0 Å². The molecule has 0 bridgehead atoms. The minimum Gasteiger partial charge on any atom is -0.479 e. The number of hydrogen-bond donors (Lipinski definition) is 3. The van der Waals surface area contributed by atoms with Gasteiger partial charge in [0, 0.05) is 0 Å². The second-order valence-corrected chi connectivity index (χ2v) is 4.24. The van der Waals surface area contributed by atoms with Crippen LogP contribution in [0.4, 0.5) is 0 Å². The first-order valence-corrected chi connectivity index (χ1v) is 4.33. The van der Waals surface area contributed by atoms with Crippen LogP contribution in [0.2, 0.25) is 0 Å². The van der Waals surface area contributed by atoms with E-state index in [1.54, 1.807) is 13.8 Å². The summed E-state index contributed by atoms with van der Waals surface area (Å²) in [5.41, 5.74) is -2.47. The lowest BCUT2D eigenvalue weighted by Gasteiger charge is -2.21. The highest BCUT2D eigenvalue weighted by Gasteiger charge is 2.29. The topological polar surface area (TPSA) is 77.8 Å². The Kier molecular flexibility index (Phi) is 3.88. The molecular formula is C9H18O4. The second kappa shape index (κ2) is 4.07. The zero-order chi connectivity index (χ0) is 10.7. The first-order chi connectivity index (χ1) is 5.65. The molecule has 0 heterocycles. The fourth-order valence-corrected chi connectivity index (χ4v) is 0.972. The summed E-state index contributed by atoms with van der Waals surface area (Å²) < 4.78 is 0. The van der Waals surface area contributed by atoms with Crippen molar-refractivity contribution in [2.75, 3.05) is 0 Å². The molecule has 78 valence electrons. The third kappa shape index (κ3) is 5.60. The van der Waals surface area contributed by atoms with Crippen LogP contribution < -0.4 is 0 Å². The smallest absolute Gasteiger partial charge is 0.335 e. The lowest BCUT2D eigenvalue weighted by atomic mass is 9.94. The van der Waals surface area contributed by atoms with Gasteiger partial charge in [0.25, 0.3) is 0 Å². The molecule has 4 nitrogen and oxygen atoms in total. The van der Waals surface area contributed by atoms with Crippen molar-refractivity contribution in [3.05, 3.63) is 0 Å². The third-order valence-electron chi connectivity index (χ3n) is 1.91. The van der Waals surface area contributed by atoms with Crippen LogP contribution in [0.3, 0.4) is 0 Å². The van der Waals surface area contributed by atoms with Crippen molar-refractivity contribution in [3.8, 4) is 0 Å². The van der Waals surface area contributed by atoms with Crippen molar-refractivity contribution in [3.63, 3.8) is 0 Å². The van der Waals surface area contributed by atoms with Gasteiger partial charge >= 0.3 is 5.97 Å². The standard InChI is InChI=1S/C9H18O4/c1-8(2,12)5-4-6-9(3,13)7(10)11/h12-13H,4-6H2,1-3H3,(H,10,11)/t9-/m1/s1. The van der Waals surface area contributed by atoms with Gasteiger partial charge in [0.1, 0.15) is 0 Å². The SMILES string of the molecule is CC(C)(O)CCC[C@@](C)(O)C(=O)O. The summed E-state index contributed by atoms with van der Waals surface area (Å²) in [6, 6.07) is 0. The molecule has 0 aromatic carbocycles. The van der Waals surface area contributed by atoms with E-state index in [-0.39, 0.29) is 6.42 Å². The summed E-state index contributed by atoms with van der Waals surface area (Å²) in [7, 11) is 0. The molecule has 0 amide bonds. The van der Waals surface area contributed by atoms with Crippen LogP contribution in [-0.4, -0.2) is 32.5 Å². The van der Waals surface area contributed by atoms with Crippen LogP contribution in [0.1, 0.15) is 40.0 Å². The summed E-state index contributed by atoms with van der Waals surface area (Å²) in [5, 5.41) is 27.2. The number of aliphatic carboxylic acids is 1. The molecule has 0 aliphatic heterocycles. The molecule has 0 radical (unpaired) electrons. The first-order valence-electron chi connectivity index (χ1n) is 4.33. The van der Waals surface area contributed by atoms with E-state index < -0.39 is 17.2 Å². The van der Waals surface area contributed by atoms with Crippen molar-refractivity contribution in [2.45, 2.75) is 51.2 Å². The van der Waals surface area contributed by atoms with Crippen molar-refractivity contribution in [1.82, 2.24) is 0 Å². The van der Waals surface area contributed by atoms with Gasteiger partial charge < -0.3 is 15.3 Å². The highest BCUT2D eigenvalue weighted by molar-refractivity contribution is 5.76. The highest BCUT2D eigenvalue weighted by Crippen LogP contribution is 2.18. The molecule has 3 N–H and O–H groups in total. The Morgan fingerprint density at radius 1 is 1.15 bits per heavy atom. The summed E-state index contributed by atoms with van der Waals surface area (Å²) in [5.74, 6) is -1.22. The van der Waals surface area contributed by atoms with Gasteiger partial charge in [-0.05, 0) is 40.0 Å². The average molecular weight is 190 g/mol. The summed E-state index contributed by atoms with van der Waals surface area (Å²) in [4.78, 5) is 10.5. The normalized spacial score (nSPS) is 16.7. The fraction of sp³-hybridized carbons (Fsp3) is 0.889. The Balaban J connectivity index is 3.84. The van der Waals surface area contributed by atoms with Crippen LogP contribution in [0.15, 0.2) is 0 Å². The van der Waals surface area contributed by atoms with E-state index in [1.807, 2.05) is 0 Å². The van der Waals surface area contributed by atoms with E-state index >= 15 is 0 Å². The maximum atomic E-state index is 10.5. The zero-order valence-corrected chi connectivity index (χ0v) is 8.37. The van der Waals surface area contributed by atoms with Gasteiger partial charge in [-0.2, -0.15) is 0 Å². The molecule has 0 unspecified atom stereocenters. The minimum atomic E-state index is -1.68. The number of hydrogen-bond acceptors (Lipinski definition) is 3. The van der Waals surface area contributed by atoms with Gasteiger partial charge in [-0.3, -0.25) is 0 Å². The quantitative estimate of drug-likeness (QED) is 0.598. The van der Waals surface area contributed by atoms with Gasteiger partial charge in [0.05, 0.1) is 5.60 Å². The largest absolute Gasteiger partial charge is 0.479 e. The molecule has 0 saturated carbocycles. The van der Waals surface area contributed by atoms with E-state index in [2.05, 4.69) is 0 Å².